The third-order valence-corrected chi connectivity index (χ3v) is 4.68. The van der Waals surface area contributed by atoms with Crippen molar-refractivity contribution in [1.29, 1.82) is 0 Å². The Morgan fingerprint density at radius 3 is 2.38 bits per heavy atom. The van der Waals surface area contributed by atoms with Crippen LogP contribution >= 0.6 is 11.6 Å². The van der Waals surface area contributed by atoms with Gasteiger partial charge in [-0.1, -0.05) is 35.9 Å². The van der Waals surface area contributed by atoms with Gasteiger partial charge in [0.15, 0.2) is 9.84 Å². The van der Waals surface area contributed by atoms with Crippen molar-refractivity contribution in [2.24, 2.45) is 0 Å². The Balaban J connectivity index is 2.00. The van der Waals surface area contributed by atoms with Crippen LogP contribution < -0.4 is 5.32 Å². The SMILES string of the molecule is CC(NCc1ccc(S(C)(=O)=O)cc1)c1cccc(Cl)c1. The molecule has 0 radical (unpaired) electrons. The van der Waals surface area contributed by atoms with Gasteiger partial charge in [-0.2, -0.15) is 0 Å². The molecule has 2 aromatic carbocycles. The second kappa shape index (κ2) is 6.60. The largest absolute Gasteiger partial charge is 0.306 e. The molecule has 112 valence electrons. The maximum absolute atomic E-state index is 11.4. The zero-order valence-electron chi connectivity index (χ0n) is 12.0. The van der Waals surface area contributed by atoms with Crippen molar-refractivity contribution in [3.8, 4) is 0 Å². The topological polar surface area (TPSA) is 46.2 Å². The first-order chi connectivity index (χ1) is 9.86. The fourth-order valence-corrected chi connectivity index (χ4v) is 2.85. The molecule has 1 N–H and O–H groups in total. The van der Waals surface area contributed by atoms with Crippen LogP contribution in [0.15, 0.2) is 53.4 Å². The molecule has 1 atom stereocenters. The smallest absolute Gasteiger partial charge is 0.175 e. The normalized spacial score (nSPS) is 13.1. The first kappa shape index (κ1) is 16.0. The van der Waals surface area contributed by atoms with E-state index in [0.29, 0.717) is 11.4 Å². The molecule has 0 aromatic heterocycles. The van der Waals surface area contributed by atoms with E-state index in [4.69, 9.17) is 11.6 Å². The Labute approximate surface area is 130 Å². The lowest BCUT2D eigenvalue weighted by atomic mass is 10.1. The fraction of sp³-hybridized carbons (Fsp3) is 0.250. The number of benzene rings is 2. The Morgan fingerprint density at radius 2 is 1.81 bits per heavy atom. The minimum absolute atomic E-state index is 0.165. The molecule has 3 nitrogen and oxygen atoms in total. The van der Waals surface area contributed by atoms with Crippen LogP contribution in [0.4, 0.5) is 0 Å². The van der Waals surface area contributed by atoms with Crippen LogP contribution in [0.25, 0.3) is 0 Å². The predicted molar refractivity (Wildman–Crippen MR) is 86.3 cm³/mol. The zero-order valence-corrected chi connectivity index (χ0v) is 13.6. The molecule has 1 unspecified atom stereocenters. The lowest BCUT2D eigenvalue weighted by Crippen LogP contribution is -2.18. The van der Waals surface area contributed by atoms with E-state index in [0.717, 1.165) is 16.1 Å². The number of halogens is 1. The molecule has 0 saturated carbocycles. The van der Waals surface area contributed by atoms with Gasteiger partial charge in [0.25, 0.3) is 0 Å². The third kappa shape index (κ3) is 4.56. The van der Waals surface area contributed by atoms with Gasteiger partial charge in [0.1, 0.15) is 0 Å². The Kier molecular flexibility index (Phi) is 5.04. The molecule has 5 heteroatoms. The van der Waals surface area contributed by atoms with Crippen LogP contribution in [-0.4, -0.2) is 14.7 Å². The molecule has 0 saturated heterocycles. The highest BCUT2D eigenvalue weighted by Gasteiger charge is 2.08. The van der Waals surface area contributed by atoms with Crippen molar-refractivity contribution in [2.45, 2.75) is 24.4 Å². The van der Waals surface area contributed by atoms with Gasteiger partial charge >= 0.3 is 0 Å². The monoisotopic (exact) mass is 323 g/mol. The average Bonchev–Trinajstić information content (AvgIpc) is 2.44. The van der Waals surface area contributed by atoms with E-state index in [1.165, 1.54) is 6.26 Å². The number of rotatable bonds is 5. The van der Waals surface area contributed by atoms with Crippen LogP contribution in [0, 0.1) is 0 Å². The van der Waals surface area contributed by atoms with Crippen LogP contribution in [0.3, 0.4) is 0 Å². The van der Waals surface area contributed by atoms with Crippen molar-refractivity contribution in [3.63, 3.8) is 0 Å². The number of hydrogen-bond acceptors (Lipinski definition) is 3. The van der Waals surface area contributed by atoms with Gasteiger partial charge in [-0.05, 0) is 42.3 Å². The van der Waals surface area contributed by atoms with Crippen molar-refractivity contribution in [1.82, 2.24) is 5.32 Å². The molecule has 0 bridgehead atoms. The number of sulfone groups is 1. The molecule has 0 spiro atoms. The number of hydrogen-bond donors (Lipinski definition) is 1. The molecule has 0 aliphatic rings. The van der Waals surface area contributed by atoms with Crippen molar-refractivity contribution >= 4 is 21.4 Å². The van der Waals surface area contributed by atoms with Crippen LogP contribution in [-0.2, 0) is 16.4 Å². The molecule has 0 aliphatic carbocycles. The van der Waals surface area contributed by atoms with Gasteiger partial charge in [-0.15, -0.1) is 0 Å². The molecule has 2 rings (SSSR count). The molecule has 0 aliphatic heterocycles. The summed E-state index contributed by atoms with van der Waals surface area (Å²) in [5, 5.41) is 4.11. The average molecular weight is 324 g/mol. The first-order valence-corrected chi connectivity index (χ1v) is 8.91. The quantitative estimate of drug-likeness (QED) is 0.914. The second-order valence-electron chi connectivity index (χ2n) is 5.07. The molecular formula is C16H18ClNO2S. The molecule has 0 heterocycles. The van der Waals surface area contributed by atoms with E-state index in [1.54, 1.807) is 12.1 Å². The molecule has 21 heavy (non-hydrogen) atoms. The maximum Gasteiger partial charge on any atom is 0.175 e. The van der Waals surface area contributed by atoms with Crippen molar-refractivity contribution < 1.29 is 8.42 Å². The van der Waals surface area contributed by atoms with Crippen molar-refractivity contribution in [2.75, 3.05) is 6.26 Å². The van der Waals surface area contributed by atoms with E-state index in [9.17, 15) is 8.42 Å². The van der Waals surface area contributed by atoms with Gasteiger partial charge < -0.3 is 5.32 Å². The zero-order chi connectivity index (χ0) is 15.5. The van der Waals surface area contributed by atoms with E-state index in [1.807, 2.05) is 36.4 Å². The van der Waals surface area contributed by atoms with Gasteiger partial charge in [0.2, 0.25) is 0 Å². The van der Waals surface area contributed by atoms with Gasteiger partial charge in [-0.3, -0.25) is 0 Å². The van der Waals surface area contributed by atoms with Crippen LogP contribution in [0.1, 0.15) is 24.1 Å². The highest BCUT2D eigenvalue weighted by atomic mass is 35.5. The number of nitrogens with one attached hydrogen (secondary N) is 1. The predicted octanol–water partition coefficient (Wildman–Crippen LogP) is 3.59. The van der Waals surface area contributed by atoms with Crippen LogP contribution in [0.5, 0.6) is 0 Å². The fourth-order valence-electron chi connectivity index (χ4n) is 2.02. The summed E-state index contributed by atoms with van der Waals surface area (Å²) in [7, 11) is -3.13. The lowest BCUT2D eigenvalue weighted by molar-refractivity contribution is 0.574. The summed E-state index contributed by atoms with van der Waals surface area (Å²) >= 11 is 5.98. The summed E-state index contributed by atoms with van der Waals surface area (Å²) in [5.74, 6) is 0. The summed E-state index contributed by atoms with van der Waals surface area (Å²) in [6.45, 7) is 2.73. The summed E-state index contributed by atoms with van der Waals surface area (Å²) in [5.41, 5.74) is 2.16. The molecule has 0 amide bonds. The standard InChI is InChI=1S/C16H18ClNO2S/c1-12(14-4-3-5-15(17)10-14)18-11-13-6-8-16(9-7-13)21(2,19)20/h3-10,12,18H,11H2,1-2H3. The van der Waals surface area contributed by atoms with Gasteiger partial charge in [-0.25, -0.2) is 8.42 Å². The molecular weight excluding hydrogens is 306 g/mol. The van der Waals surface area contributed by atoms with Crippen molar-refractivity contribution in [3.05, 3.63) is 64.7 Å². The Morgan fingerprint density at radius 1 is 1.14 bits per heavy atom. The van der Waals surface area contributed by atoms with Gasteiger partial charge in [0, 0.05) is 23.9 Å². The third-order valence-electron chi connectivity index (χ3n) is 3.31. The molecule has 2 aromatic rings. The summed E-state index contributed by atoms with van der Waals surface area (Å²) in [6, 6.07) is 14.8. The second-order valence-corrected chi connectivity index (χ2v) is 7.53. The Hall–Kier alpha value is -1.36. The highest BCUT2D eigenvalue weighted by molar-refractivity contribution is 7.90. The van der Waals surface area contributed by atoms with Gasteiger partial charge in [0.05, 0.1) is 4.90 Å². The Bertz CT molecular complexity index is 711. The van der Waals surface area contributed by atoms with Crippen LogP contribution in [0.2, 0.25) is 5.02 Å². The minimum atomic E-state index is -3.13. The maximum atomic E-state index is 11.4. The molecule has 0 fully saturated rings. The summed E-state index contributed by atoms with van der Waals surface area (Å²) < 4.78 is 22.8. The first-order valence-electron chi connectivity index (χ1n) is 6.64. The van der Waals surface area contributed by atoms with E-state index >= 15 is 0 Å². The van der Waals surface area contributed by atoms with E-state index in [-0.39, 0.29) is 6.04 Å². The van der Waals surface area contributed by atoms with E-state index < -0.39 is 9.84 Å². The summed E-state index contributed by atoms with van der Waals surface area (Å²) in [4.78, 5) is 0.342. The summed E-state index contributed by atoms with van der Waals surface area (Å²) in [6.07, 6.45) is 1.21. The highest BCUT2D eigenvalue weighted by Crippen LogP contribution is 2.18. The minimum Gasteiger partial charge on any atom is -0.306 e. The van der Waals surface area contributed by atoms with E-state index in [2.05, 4.69) is 12.2 Å². The lowest BCUT2D eigenvalue weighted by Gasteiger charge is -2.14.